The quantitative estimate of drug-likeness (QED) is 0.706. The molecule has 1 heterocycles. The Morgan fingerprint density at radius 2 is 1.70 bits per heavy atom. The molecule has 27 heavy (non-hydrogen) atoms. The lowest BCUT2D eigenvalue weighted by atomic mass is 10.1. The number of halogens is 1. The highest BCUT2D eigenvalue weighted by Gasteiger charge is 2.29. The Bertz CT molecular complexity index is 681. The number of nitrogens with two attached hydrogens (primary N) is 1. The number of likely N-dealkylation sites (tertiary alicyclic amines) is 1. The molecule has 5 heteroatoms. The molecule has 0 spiro atoms. The van der Waals surface area contributed by atoms with Crippen molar-refractivity contribution in [3.05, 3.63) is 71.8 Å². The van der Waals surface area contributed by atoms with Gasteiger partial charge in [0.05, 0.1) is 12.1 Å². The van der Waals surface area contributed by atoms with Crippen LogP contribution in [-0.2, 0) is 22.4 Å². The minimum atomic E-state index is -0.478. The van der Waals surface area contributed by atoms with Crippen LogP contribution in [0.4, 0.5) is 0 Å². The normalized spacial score (nSPS) is 17.4. The fourth-order valence-electron chi connectivity index (χ4n) is 3.43. The maximum atomic E-state index is 12.6. The minimum absolute atomic E-state index is 0. The Hall–Kier alpha value is -1.88. The molecule has 0 saturated carbocycles. The molecule has 0 aliphatic carbocycles. The molecule has 3 rings (SSSR count). The largest absolute Gasteiger partial charge is 0.376 e. The molecule has 146 valence electrons. The van der Waals surface area contributed by atoms with Crippen LogP contribution in [0, 0.1) is 0 Å². The van der Waals surface area contributed by atoms with Crippen LogP contribution in [0.1, 0.15) is 24.0 Å². The van der Waals surface area contributed by atoms with Crippen molar-refractivity contribution in [2.24, 2.45) is 5.73 Å². The number of aryl methyl sites for hydroxylation is 1. The van der Waals surface area contributed by atoms with Crippen molar-refractivity contribution >= 4 is 18.3 Å². The van der Waals surface area contributed by atoms with Crippen LogP contribution in [0.5, 0.6) is 0 Å². The second kappa shape index (κ2) is 11.1. The maximum absolute atomic E-state index is 12.6. The van der Waals surface area contributed by atoms with E-state index in [1.165, 1.54) is 5.56 Å². The van der Waals surface area contributed by atoms with Crippen molar-refractivity contribution in [2.75, 3.05) is 19.7 Å². The van der Waals surface area contributed by atoms with Gasteiger partial charge in [-0.2, -0.15) is 0 Å². The number of hydrogen-bond acceptors (Lipinski definition) is 3. The highest BCUT2D eigenvalue weighted by Crippen LogP contribution is 2.15. The molecule has 2 atom stereocenters. The summed E-state index contributed by atoms with van der Waals surface area (Å²) in [6, 6.07) is 19.9. The highest BCUT2D eigenvalue weighted by molar-refractivity contribution is 5.85. The first kappa shape index (κ1) is 21.4. The second-order valence-corrected chi connectivity index (χ2v) is 6.95. The summed E-state index contributed by atoms with van der Waals surface area (Å²) >= 11 is 0. The molecule has 1 aliphatic rings. The number of benzene rings is 2. The summed E-state index contributed by atoms with van der Waals surface area (Å²) in [5, 5.41) is 0. The van der Waals surface area contributed by atoms with Crippen molar-refractivity contribution in [1.82, 2.24) is 4.90 Å². The van der Waals surface area contributed by atoms with Gasteiger partial charge in [0.2, 0.25) is 5.91 Å². The van der Waals surface area contributed by atoms with E-state index in [4.69, 9.17) is 10.5 Å². The van der Waals surface area contributed by atoms with E-state index in [2.05, 4.69) is 24.3 Å². The van der Waals surface area contributed by atoms with Crippen LogP contribution >= 0.6 is 12.4 Å². The van der Waals surface area contributed by atoms with Crippen LogP contribution < -0.4 is 5.73 Å². The monoisotopic (exact) mass is 388 g/mol. The van der Waals surface area contributed by atoms with Gasteiger partial charge < -0.3 is 15.4 Å². The molecule has 0 radical (unpaired) electrons. The Morgan fingerprint density at radius 1 is 1.07 bits per heavy atom. The summed E-state index contributed by atoms with van der Waals surface area (Å²) < 4.78 is 5.97. The lowest BCUT2D eigenvalue weighted by Gasteiger charge is -2.21. The molecule has 1 aliphatic heterocycles. The Kier molecular flexibility index (Phi) is 8.79. The van der Waals surface area contributed by atoms with E-state index in [9.17, 15) is 4.79 Å². The van der Waals surface area contributed by atoms with Crippen molar-refractivity contribution in [3.63, 3.8) is 0 Å². The van der Waals surface area contributed by atoms with Gasteiger partial charge >= 0.3 is 0 Å². The molecule has 2 aromatic carbocycles. The third-order valence-corrected chi connectivity index (χ3v) is 4.88. The number of ether oxygens (including phenoxy) is 1. The number of nitrogens with zero attached hydrogens (tertiary/aromatic N) is 1. The van der Waals surface area contributed by atoms with Gasteiger partial charge in [-0.25, -0.2) is 0 Å². The lowest BCUT2D eigenvalue weighted by molar-refractivity contribution is -0.132. The third-order valence-electron chi connectivity index (χ3n) is 4.88. The highest BCUT2D eigenvalue weighted by atomic mass is 35.5. The topological polar surface area (TPSA) is 55.6 Å². The molecule has 1 unspecified atom stereocenters. The maximum Gasteiger partial charge on any atom is 0.239 e. The van der Waals surface area contributed by atoms with Crippen molar-refractivity contribution in [2.45, 2.75) is 37.8 Å². The van der Waals surface area contributed by atoms with Gasteiger partial charge in [0.25, 0.3) is 0 Å². The minimum Gasteiger partial charge on any atom is -0.376 e. The molecule has 1 amide bonds. The number of rotatable bonds is 8. The van der Waals surface area contributed by atoms with Crippen LogP contribution in [0.15, 0.2) is 60.7 Å². The summed E-state index contributed by atoms with van der Waals surface area (Å²) in [5.41, 5.74) is 8.57. The predicted octanol–water partition coefficient (Wildman–Crippen LogP) is 3.23. The van der Waals surface area contributed by atoms with E-state index >= 15 is 0 Å². The Balaban J connectivity index is 0.00000261. The zero-order valence-corrected chi connectivity index (χ0v) is 16.4. The van der Waals surface area contributed by atoms with Gasteiger partial charge in [-0.15, -0.1) is 12.4 Å². The summed E-state index contributed by atoms with van der Waals surface area (Å²) in [6.07, 6.45) is 3.65. The van der Waals surface area contributed by atoms with E-state index in [1.54, 1.807) is 0 Å². The van der Waals surface area contributed by atoms with Crippen molar-refractivity contribution in [1.29, 1.82) is 0 Å². The molecular formula is C22H29ClN2O2. The van der Waals surface area contributed by atoms with E-state index in [1.807, 2.05) is 41.3 Å². The van der Waals surface area contributed by atoms with Gasteiger partial charge in [0.1, 0.15) is 0 Å². The first-order chi connectivity index (χ1) is 12.7. The summed E-state index contributed by atoms with van der Waals surface area (Å²) in [5.74, 6) is 0.0317. The predicted molar refractivity (Wildman–Crippen MR) is 111 cm³/mol. The van der Waals surface area contributed by atoms with Crippen LogP contribution in [-0.4, -0.2) is 42.6 Å². The molecule has 0 bridgehead atoms. The fourth-order valence-corrected chi connectivity index (χ4v) is 3.43. The second-order valence-electron chi connectivity index (χ2n) is 6.95. The van der Waals surface area contributed by atoms with Crippen LogP contribution in [0.3, 0.4) is 0 Å². The van der Waals surface area contributed by atoms with E-state index in [-0.39, 0.29) is 24.4 Å². The zero-order valence-electron chi connectivity index (χ0n) is 15.6. The summed E-state index contributed by atoms with van der Waals surface area (Å²) in [4.78, 5) is 14.4. The summed E-state index contributed by atoms with van der Waals surface area (Å²) in [7, 11) is 0. The standard InChI is InChI=1S/C22H28N2O2.ClH/c23-21(16-19-10-5-2-6-11-19)22(25)24-14-13-20(17-24)26-15-7-12-18-8-3-1-4-9-18;/h1-6,8-11,20-21H,7,12-17,23H2;1H/t20?,21-;/m0./s1. The Labute approximate surface area is 168 Å². The molecular weight excluding hydrogens is 360 g/mol. The van der Waals surface area contributed by atoms with E-state index in [0.29, 0.717) is 13.0 Å². The van der Waals surface area contributed by atoms with Gasteiger partial charge in [0, 0.05) is 19.7 Å². The third kappa shape index (κ3) is 6.65. The Morgan fingerprint density at radius 3 is 2.37 bits per heavy atom. The first-order valence-electron chi connectivity index (χ1n) is 9.46. The number of carbonyl (C=O) groups is 1. The van der Waals surface area contributed by atoms with Gasteiger partial charge in [0.15, 0.2) is 0 Å². The van der Waals surface area contributed by atoms with Crippen LogP contribution in [0.25, 0.3) is 0 Å². The van der Waals surface area contributed by atoms with Gasteiger partial charge in [-0.3, -0.25) is 4.79 Å². The molecule has 1 fully saturated rings. The van der Waals surface area contributed by atoms with Gasteiger partial charge in [-0.05, 0) is 36.8 Å². The van der Waals surface area contributed by atoms with E-state index in [0.717, 1.165) is 38.0 Å². The SMILES string of the molecule is Cl.N[C@@H](Cc1ccccc1)C(=O)N1CCC(OCCCc2ccccc2)C1. The molecule has 4 nitrogen and oxygen atoms in total. The molecule has 1 saturated heterocycles. The smallest absolute Gasteiger partial charge is 0.239 e. The number of amides is 1. The van der Waals surface area contributed by atoms with Gasteiger partial charge in [-0.1, -0.05) is 60.7 Å². The molecule has 2 aromatic rings. The summed E-state index contributed by atoms with van der Waals surface area (Å²) in [6.45, 7) is 2.13. The average Bonchev–Trinajstić information content (AvgIpc) is 3.15. The first-order valence-corrected chi connectivity index (χ1v) is 9.46. The van der Waals surface area contributed by atoms with Crippen molar-refractivity contribution < 1.29 is 9.53 Å². The fraction of sp³-hybridized carbons (Fsp3) is 0.409. The number of hydrogen-bond donors (Lipinski definition) is 1. The zero-order chi connectivity index (χ0) is 18.2. The molecule has 2 N–H and O–H groups in total. The average molecular weight is 389 g/mol. The molecule has 0 aromatic heterocycles. The van der Waals surface area contributed by atoms with Crippen molar-refractivity contribution in [3.8, 4) is 0 Å². The van der Waals surface area contributed by atoms with E-state index < -0.39 is 6.04 Å². The number of carbonyl (C=O) groups excluding carboxylic acids is 1. The lowest BCUT2D eigenvalue weighted by Crippen LogP contribution is -2.44. The van der Waals surface area contributed by atoms with Crippen LogP contribution in [0.2, 0.25) is 0 Å².